The number of ether oxygens (including phenoxy) is 1. The van der Waals surface area contributed by atoms with Gasteiger partial charge in [-0.3, -0.25) is 0 Å². The van der Waals surface area contributed by atoms with E-state index >= 15 is 0 Å². The van der Waals surface area contributed by atoms with E-state index in [4.69, 9.17) is 4.74 Å². The van der Waals surface area contributed by atoms with Gasteiger partial charge in [-0.1, -0.05) is 19.3 Å². The molecule has 2 amide bonds. The smallest absolute Gasteiger partial charge is 0.317 e. The maximum Gasteiger partial charge on any atom is 0.317 e. The van der Waals surface area contributed by atoms with Crippen LogP contribution in [0.1, 0.15) is 51.4 Å². The predicted molar refractivity (Wildman–Crippen MR) is 93.4 cm³/mol. The van der Waals surface area contributed by atoms with Crippen molar-refractivity contribution in [2.45, 2.75) is 62.9 Å². The minimum atomic E-state index is -3.30. The topological polar surface area (TPSA) is 87.7 Å². The van der Waals surface area contributed by atoms with E-state index in [1.165, 1.54) is 25.5 Å². The Labute approximate surface area is 145 Å². The summed E-state index contributed by atoms with van der Waals surface area (Å²) in [7, 11) is -1.69. The van der Waals surface area contributed by atoms with Crippen LogP contribution in [-0.2, 0) is 14.8 Å². The second kappa shape index (κ2) is 8.49. The lowest BCUT2D eigenvalue weighted by Gasteiger charge is -2.42. The van der Waals surface area contributed by atoms with Crippen molar-refractivity contribution >= 4 is 16.1 Å². The minimum absolute atomic E-state index is 0.0124. The molecule has 0 aromatic rings. The molecule has 0 aromatic carbocycles. The second-order valence-electron chi connectivity index (χ2n) is 7.17. The first-order valence-electron chi connectivity index (χ1n) is 8.87. The largest absolute Gasteiger partial charge is 0.385 e. The van der Waals surface area contributed by atoms with E-state index in [1.807, 2.05) is 4.90 Å². The molecule has 1 saturated heterocycles. The van der Waals surface area contributed by atoms with Crippen LogP contribution in [0, 0.1) is 0 Å². The highest BCUT2D eigenvalue weighted by molar-refractivity contribution is 7.88. The second-order valence-corrected chi connectivity index (χ2v) is 8.92. The van der Waals surface area contributed by atoms with E-state index in [9.17, 15) is 13.2 Å². The fourth-order valence-electron chi connectivity index (χ4n) is 3.74. The van der Waals surface area contributed by atoms with Gasteiger partial charge in [-0.2, -0.15) is 0 Å². The number of likely N-dealkylation sites (tertiary alicyclic amines) is 1. The first-order chi connectivity index (χ1) is 11.3. The van der Waals surface area contributed by atoms with Gasteiger partial charge in [-0.25, -0.2) is 17.9 Å². The van der Waals surface area contributed by atoms with Crippen LogP contribution in [0.4, 0.5) is 4.79 Å². The van der Waals surface area contributed by atoms with Gasteiger partial charge < -0.3 is 15.0 Å². The molecule has 0 aromatic heterocycles. The number of urea groups is 1. The van der Waals surface area contributed by atoms with E-state index in [-0.39, 0.29) is 6.03 Å². The zero-order valence-corrected chi connectivity index (χ0v) is 15.7. The molecule has 140 valence electrons. The van der Waals surface area contributed by atoms with Crippen LogP contribution in [0.15, 0.2) is 0 Å². The Balaban J connectivity index is 1.89. The fraction of sp³-hybridized carbons (Fsp3) is 0.938. The molecule has 2 N–H and O–H groups in total. The van der Waals surface area contributed by atoms with Crippen molar-refractivity contribution in [2.75, 3.05) is 33.1 Å². The first-order valence-corrected chi connectivity index (χ1v) is 10.8. The maximum atomic E-state index is 12.4. The fourth-order valence-corrected chi connectivity index (χ4v) is 4.84. The van der Waals surface area contributed by atoms with Crippen LogP contribution in [0.3, 0.4) is 0 Å². The number of hydrogen-bond donors (Lipinski definition) is 2. The molecule has 8 heteroatoms. The zero-order chi connectivity index (χ0) is 17.6. The Morgan fingerprint density at radius 1 is 1.21 bits per heavy atom. The summed E-state index contributed by atoms with van der Waals surface area (Å²) in [6.07, 6.45) is 8.78. The molecule has 2 rings (SSSR count). The van der Waals surface area contributed by atoms with Crippen molar-refractivity contribution in [3.63, 3.8) is 0 Å². The van der Waals surface area contributed by atoms with E-state index < -0.39 is 15.6 Å². The summed E-state index contributed by atoms with van der Waals surface area (Å²) < 4.78 is 31.3. The van der Waals surface area contributed by atoms with Gasteiger partial charge in [-0.05, 0) is 32.1 Å². The average Bonchev–Trinajstić information content (AvgIpc) is 2.53. The molecular formula is C16H31N3O4S. The Morgan fingerprint density at radius 3 is 2.38 bits per heavy atom. The van der Waals surface area contributed by atoms with Gasteiger partial charge in [0.05, 0.1) is 6.26 Å². The lowest BCUT2D eigenvalue weighted by atomic mass is 9.86. The maximum absolute atomic E-state index is 12.4. The van der Waals surface area contributed by atoms with Gasteiger partial charge in [0, 0.05) is 38.4 Å². The molecule has 0 bridgehead atoms. The van der Waals surface area contributed by atoms with Crippen LogP contribution in [-0.4, -0.2) is 64.0 Å². The van der Waals surface area contributed by atoms with Gasteiger partial charge in [0.2, 0.25) is 10.0 Å². The normalized spacial score (nSPS) is 22.3. The minimum Gasteiger partial charge on any atom is -0.385 e. The van der Waals surface area contributed by atoms with Crippen molar-refractivity contribution in [3.05, 3.63) is 0 Å². The zero-order valence-electron chi connectivity index (χ0n) is 14.8. The highest BCUT2D eigenvalue weighted by atomic mass is 32.2. The quantitative estimate of drug-likeness (QED) is 0.749. The van der Waals surface area contributed by atoms with Crippen molar-refractivity contribution in [2.24, 2.45) is 0 Å². The highest BCUT2D eigenvalue weighted by Crippen LogP contribution is 2.27. The number of nitrogens with zero attached hydrogens (tertiary/aromatic N) is 1. The van der Waals surface area contributed by atoms with E-state index in [0.29, 0.717) is 45.0 Å². The number of methoxy groups -OCH3 is 1. The summed E-state index contributed by atoms with van der Waals surface area (Å²) in [6.45, 7) is 1.62. The number of amides is 2. The van der Waals surface area contributed by atoms with Gasteiger partial charge in [0.1, 0.15) is 0 Å². The van der Waals surface area contributed by atoms with Crippen LogP contribution >= 0.6 is 0 Å². The number of carbonyl (C=O) groups excluding carboxylic acids is 1. The van der Waals surface area contributed by atoms with E-state index in [0.717, 1.165) is 12.8 Å². The molecule has 2 aliphatic rings. The number of rotatable bonds is 6. The third-order valence-electron chi connectivity index (χ3n) is 5.13. The van der Waals surface area contributed by atoms with Crippen LogP contribution in [0.2, 0.25) is 0 Å². The monoisotopic (exact) mass is 361 g/mol. The third-order valence-corrected chi connectivity index (χ3v) is 5.93. The van der Waals surface area contributed by atoms with E-state index in [1.54, 1.807) is 7.11 Å². The summed E-state index contributed by atoms with van der Waals surface area (Å²) in [5.41, 5.74) is -0.509. The molecule has 1 aliphatic carbocycles. The molecule has 7 nitrogen and oxygen atoms in total. The third kappa shape index (κ3) is 5.89. The van der Waals surface area contributed by atoms with E-state index in [2.05, 4.69) is 10.0 Å². The SMILES string of the molecule is COCCC1(NS(C)(=O)=O)CCN(C(=O)NC2CCCCC2)CC1. The van der Waals surface area contributed by atoms with Crippen LogP contribution in [0.25, 0.3) is 0 Å². The molecule has 0 unspecified atom stereocenters. The average molecular weight is 362 g/mol. The molecule has 2 fully saturated rings. The highest BCUT2D eigenvalue weighted by Gasteiger charge is 2.38. The Kier molecular flexibility index (Phi) is 6.88. The van der Waals surface area contributed by atoms with Crippen molar-refractivity contribution in [1.29, 1.82) is 0 Å². The summed E-state index contributed by atoms with van der Waals surface area (Å²) in [6, 6.07) is 0.280. The van der Waals surface area contributed by atoms with Gasteiger partial charge in [-0.15, -0.1) is 0 Å². The van der Waals surface area contributed by atoms with Crippen LogP contribution < -0.4 is 10.0 Å². The Bertz CT molecular complexity index is 509. The molecule has 24 heavy (non-hydrogen) atoms. The van der Waals surface area contributed by atoms with Crippen molar-refractivity contribution in [3.8, 4) is 0 Å². The lowest BCUT2D eigenvalue weighted by molar-refractivity contribution is 0.114. The van der Waals surface area contributed by atoms with Crippen molar-refractivity contribution in [1.82, 2.24) is 14.9 Å². The summed E-state index contributed by atoms with van der Waals surface area (Å²) in [5, 5.41) is 3.13. The van der Waals surface area contributed by atoms with Gasteiger partial charge >= 0.3 is 6.03 Å². The summed E-state index contributed by atoms with van der Waals surface area (Å²) >= 11 is 0. The summed E-state index contributed by atoms with van der Waals surface area (Å²) in [4.78, 5) is 14.2. The molecular weight excluding hydrogens is 330 g/mol. The number of carbonyl (C=O) groups is 1. The summed E-state index contributed by atoms with van der Waals surface area (Å²) in [5.74, 6) is 0. The molecule has 0 spiro atoms. The number of hydrogen-bond acceptors (Lipinski definition) is 4. The van der Waals surface area contributed by atoms with Gasteiger partial charge in [0.25, 0.3) is 0 Å². The van der Waals surface area contributed by atoms with Crippen molar-refractivity contribution < 1.29 is 17.9 Å². The molecule has 1 saturated carbocycles. The van der Waals surface area contributed by atoms with Crippen LogP contribution in [0.5, 0.6) is 0 Å². The Hall–Kier alpha value is -0.860. The number of piperidine rings is 1. The standard InChI is InChI=1S/C16H31N3O4S/c1-23-13-10-16(18-24(2,21)22)8-11-19(12-9-16)15(20)17-14-6-4-3-5-7-14/h14,18H,3-13H2,1-2H3,(H,17,20). The number of nitrogens with one attached hydrogen (secondary N) is 2. The molecule has 0 atom stereocenters. The predicted octanol–water partition coefficient (Wildman–Crippen LogP) is 1.45. The number of sulfonamides is 1. The molecule has 0 radical (unpaired) electrons. The lowest BCUT2D eigenvalue weighted by Crippen LogP contribution is -2.58. The molecule has 1 aliphatic heterocycles. The van der Waals surface area contributed by atoms with Gasteiger partial charge in [0.15, 0.2) is 0 Å². The Morgan fingerprint density at radius 2 is 1.83 bits per heavy atom. The molecule has 1 heterocycles. The first kappa shape index (κ1) is 19.5.